The molecule has 9 rings (SSSR count). The molecule has 0 unspecified atom stereocenters. The van der Waals surface area contributed by atoms with Crippen molar-refractivity contribution in [3.8, 4) is 11.5 Å². The van der Waals surface area contributed by atoms with Crippen molar-refractivity contribution in [2.24, 2.45) is 17.8 Å². The topological polar surface area (TPSA) is 93.2 Å². The van der Waals surface area contributed by atoms with E-state index >= 15 is 0 Å². The minimum absolute atomic E-state index is 0.00687. The van der Waals surface area contributed by atoms with Crippen molar-refractivity contribution in [1.82, 2.24) is 0 Å². The SMILES string of the molecule is COc1ccccc1N1C[C@H](C(=O)Oc2cccc(N3C(=O)[C@H]4C5c6ccccc6C(c6ccccc65)[C@@H]4C3=O)c2)CC1=O. The molecule has 2 fully saturated rings. The van der Waals surface area contributed by atoms with E-state index in [9.17, 15) is 19.2 Å². The smallest absolute Gasteiger partial charge is 0.316 e. The third-order valence-corrected chi connectivity index (χ3v) is 9.58. The fraction of sp³-hybridized carbons (Fsp3) is 0.222. The van der Waals surface area contributed by atoms with Crippen LogP contribution in [-0.4, -0.2) is 37.3 Å². The number of carbonyl (C=O) groups is 4. The molecule has 4 aromatic rings. The van der Waals surface area contributed by atoms with Crippen molar-refractivity contribution < 1.29 is 28.7 Å². The zero-order chi connectivity index (χ0) is 30.1. The summed E-state index contributed by atoms with van der Waals surface area (Å²) in [7, 11) is 1.53. The number of esters is 1. The molecule has 0 aromatic heterocycles. The van der Waals surface area contributed by atoms with Gasteiger partial charge in [-0.15, -0.1) is 0 Å². The molecular weight excluding hydrogens is 556 g/mol. The highest BCUT2D eigenvalue weighted by molar-refractivity contribution is 6.23. The molecule has 218 valence electrons. The highest BCUT2D eigenvalue weighted by Crippen LogP contribution is 2.61. The summed E-state index contributed by atoms with van der Waals surface area (Å²) in [5, 5.41) is 0. The number of rotatable bonds is 5. The molecule has 3 atom stereocenters. The average molecular weight is 585 g/mol. The summed E-state index contributed by atoms with van der Waals surface area (Å²) < 4.78 is 11.1. The zero-order valence-corrected chi connectivity index (χ0v) is 23.9. The molecule has 0 radical (unpaired) electrons. The van der Waals surface area contributed by atoms with E-state index in [-0.39, 0.29) is 48.3 Å². The molecule has 8 nitrogen and oxygen atoms in total. The summed E-state index contributed by atoms with van der Waals surface area (Å²) in [6.45, 7) is 0.161. The van der Waals surface area contributed by atoms with E-state index in [0.29, 0.717) is 17.1 Å². The number of ether oxygens (including phenoxy) is 2. The van der Waals surface area contributed by atoms with Gasteiger partial charge in [0.05, 0.1) is 36.2 Å². The van der Waals surface area contributed by atoms with E-state index in [1.165, 1.54) is 16.9 Å². The number of methoxy groups -OCH3 is 1. The second-order valence-corrected chi connectivity index (χ2v) is 11.8. The van der Waals surface area contributed by atoms with Crippen LogP contribution in [-0.2, 0) is 19.2 Å². The number of amides is 3. The summed E-state index contributed by atoms with van der Waals surface area (Å²) in [5.74, 6) is -2.57. The van der Waals surface area contributed by atoms with Gasteiger partial charge in [-0.25, -0.2) is 4.90 Å². The van der Waals surface area contributed by atoms with Crippen LogP contribution in [0.4, 0.5) is 11.4 Å². The molecule has 44 heavy (non-hydrogen) atoms. The lowest BCUT2D eigenvalue weighted by Crippen LogP contribution is -2.41. The summed E-state index contributed by atoms with van der Waals surface area (Å²) in [6.07, 6.45) is 0.00687. The maximum absolute atomic E-state index is 14.1. The molecule has 5 aliphatic rings. The first kappa shape index (κ1) is 26.4. The molecule has 2 heterocycles. The Morgan fingerprint density at radius 2 is 1.30 bits per heavy atom. The number of para-hydroxylation sites is 2. The number of nitrogens with zero attached hydrogens (tertiary/aromatic N) is 2. The third-order valence-electron chi connectivity index (χ3n) is 9.58. The van der Waals surface area contributed by atoms with Crippen LogP contribution in [0.2, 0.25) is 0 Å². The number of imide groups is 1. The van der Waals surface area contributed by atoms with E-state index in [1.807, 2.05) is 36.4 Å². The van der Waals surface area contributed by atoms with E-state index in [4.69, 9.17) is 9.47 Å². The lowest BCUT2D eigenvalue weighted by molar-refractivity contribution is -0.139. The fourth-order valence-electron chi connectivity index (χ4n) is 7.77. The van der Waals surface area contributed by atoms with Crippen molar-refractivity contribution in [1.29, 1.82) is 0 Å². The Hall–Kier alpha value is -5.24. The normalized spacial score (nSPS) is 24.7. The van der Waals surface area contributed by atoms with Gasteiger partial charge in [-0.1, -0.05) is 66.7 Å². The third kappa shape index (κ3) is 3.76. The summed E-state index contributed by atoms with van der Waals surface area (Å²) in [6, 6.07) is 29.9. The number of hydrogen-bond donors (Lipinski definition) is 0. The van der Waals surface area contributed by atoms with Gasteiger partial charge < -0.3 is 14.4 Å². The molecule has 4 aromatic carbocycles. The number of anilines is 2. The Morgan fingerprint density at radius 1 is 0.727 bits per heavy atom. The van der Waals surface area contributed by atoms with Crippen LogP contribution < -0.4 is 19.3 Å². The van der Waals surface area contributed by atoms with E-state index in [1.54, 1.807) is 36.4 Å². The van der Waals surface area contributed by atoms with Crippen molar-refractivity contribution in [2.75, 3.05) is 23.5 Å². The van der Waals surface area contributed by atoms with Gasteiger partial charge in [0, 0.05) is 30.9 Å². The molecule has 3 amide bonds. The van der Waals surface area contributed by atoms with Crippen LogP contribution in [0.1, 0.15) is 40.5 Å². The van der Waals surface area contributed by atoms with Crippen molar-refractivity contribution in [3.05, 3.63) is 119 Å². The average Bonchev–Trinajstić information content (AvgIpc) is 3.57. The Labute approximate surface area is 253 Å². The van der Waals surface area contributed by atoms with Crippen LogP contribution >= 0.6 is 0 Å². The van der Waals surface area contributed by atoms with E-state index in [0.717, 1.165) is 22.3 Å². The molecule has 0 N–H and O–H groups in total. The van der Waals surface area contributed by atoms with Gasteiger partial charge in [0.25, 0.3) is 0 Å². The van der Waals surface area contributed by atoms with E-state index in [2.05, 4.69) is 24.3 Å². The molecule has 3 aliphatic carbocycles. The number of carbonyl (C=O) groups excluding carboxylic acids is 4. The highest BCUT2D eigenvalue weighted by Gasteiger charge is 2.61. The van der Waals surface area contributed by atoms with Crippen LogP contribution in [0.5, 0.6) is 11.5 Å². The largest absolute Gasteiger partial charge is 0.495 e. The minimum atomic E-state index is -0.679. The maximum Gasteiger partial charge on any atom is 0.316 e. The summed E-state index contributed by atoms with van der Waals surface area (Å²) in [4.78, 5) is 57.1. The summed E-state index contributed by atoms with van der Waals surface area (Å²) in [5.41, 5.74) is 5.40. The van der Waals surface area contributed by atoms with Crippen molar-refractivity contribution in [2.45, 2.75) is 18.3 Å². The molecule has 2 saturated heterocycles. The Morgan fingerprint density at radius 3 is 1.89 bits per heavy atom. The lowest BCUT2D eigenvalue weighted by atomic mass is 9.55. The molecule has 8 heteroatoms. The Balaban J connectivity index is 1.06. The Bertz CT molecular complexity index is 1770. The second-order valence-electron chi connectivity index (χ2n) is 11.8. The van der Waals surface area contributed by atoms with Gasteiger partial charge in [0.1, 0.15) is 11.5 Å². The molecule has 2 aliphatic heterocycles. The first-order valence-electron chi connectivity index (χ1n) is 14.8. The minimum Gasteiger partial charge on any atom is -0.495 e. The second kappa shape index (κ2) is 9.91. The van der Waals surface area contributed by atoms with Crippen molar-refractivity contribution in [3.63, 3.8) is 0 Å². The fourth-order valence-corrected chi connectivity index (χ4v) is 7.77. The van der Waals surface area contributed by atoms with Gasteiger partial charge in [0.15, 0.2) is 0 Å². The van der Waals surface area contributed by atoms with Gasteiger partial charge >= 0.3 is 5.97 Å². The van der Waals surface area contributed by atoms with Crippen LogP contribution in [0.25, 0.3) is 0 Å². The first-order chi connectivity index (χ1) is 21.5. The molecule has 0 spiro atoms. The van der Waals surface area contributed by atoms with Gasteiger partial charge in [0.2, 0.25) is 17.7 Å². The standard InChI is InChI=1S/C36H28N2O6/c1-43-28-16-7-6-15-27(28)37-19-20(17-29(37)39)36(42)44-22-10-8-9-21(18-22)38-34(40)32-30-23-11-2-3-12-24(23)31(33(32)35(38)41)26-14-5-4-13-25(26)30/h2-16,18,20,30-33H,17,19H2,1H3/t20-,30?,31?,32+,33+/m1/s1. The summed E-state index contributed by atoms with van der Waals surface area (Å²) >= 11 is 0. The highest BCUT2D eigenvalue weighted by atomic mass is 16.5. The number of hydrogen-bond acceptors (Lipinski definition) is 6. The van der Waals surface area contributed by atoms with Gasteiger partial charge in [-0.05, 0) is 46.5 Å². The van der Waals surface area contributed by atoms with Crippen molar-refractivity contribution >= 4 is 35.1 Å². The molecular formula is C36H28N2O6. The predicted molar refractivity (Wildman–Crippen MR) is 162 cm³/mol. The lowest BCUT2D eigenvalue weighted by Gasteiger charge is -2.45. The predicted octanol–water partition coefficient (Wildman–Crippen LogP) is 5.05. The monoisotopic (exact) mass is 584 g/mol. The van der Waals surface area contributed by atoms with Crippen LogP contribution in [0.15, 0.2) is 97.1 Å². The zero-order valence-electron chi connectivity index (χ0n) is 23.9. The molecule has 0 saturated carbocycles. The van der Waals surface area contributed by atoms with Crippen LogP contribution in [0.3, 0.4) is 0 Å². The number of benzene rings is 4. The van der Waals surface area contributed by atoms with Gasteiger partial charge in [-0.3, -0.25) is 19.2 Å². The molecule has 2 bridgehead atoms. The maximum atomic E-state index is 14.1. The van der Waals surface area contributed by atoms with E-state index < -0.39 is 23.7 Å². The first-order valence-corrected chi connectivity index (χ1v) is 14.8. The quantitative estimate of drug-likeness (QED) is 0.185. The van der Waals surface area contributed by atoms with Crippen LogP contribution in [0, 0.1) is 17.8 Å². The Kier molecular flexibility index (Phi) is 5.94. The van der Waals surface area contributed by atoms with Gasteiger partial charge in [-0.2, -0.15) is 0 Å².